The molecule has 0 radical (unpaired) electrons. The van der Waals surface area contributed by atoms with Gasteiger partial charge >= 0.3 is 0 Å². The molecular weight excluding hydrogens is 305 g/mol. The number of nitrogens with one attached hydrogen (secondary N) is 1. The summed E-state index contributed by atoms with van der Waals surface area (Å²) < 4.78 is 0. The maximum absolute atomic E-state index is 11.6. The number of aryl methyl sites for hydroxylation is 2. The van der Waals surface area contributed by atoms with Gasteiger partial charge in [0.05, 0.1) is 10.7 Å². The van der Waals surface area contributed by atoms with Gasteiger partial charge in [-0.1, -0.05) is 34.8 Å². The van der Waals surface area contributed by atoms with Crippen molar-refractivity contribution in [2.45, 2.75) is 13.8 Å². The standard InChI is InChI=1S/C17H13Cl2NO/c1-9-5-10(2)16-13(6-9)14(8-21)17(20-16)12-4-3-11(18)7-15(12)19/h3-8,20H,1-2H3. The van der Waals surface area contributed by atoms with Crippen molar-refractivity contribution in [3.8, 4) is 11.3 Å². The number of benzene rings is 2. The molecule has 21 heavy (non-hydrogen) atoms. The molecular formula is C17H13Cl2NO. The molecule has 0 saturated carbocycles. The van der Waals surface area contributed by atoms with E-state index in [2.05, 4.69) is 11.1 Å². The lowest BCUT2D eigenvalue weighted by Gasteiger charge is -2.03. The molecule has 1 heterocycles. The molecule has 0 atom stereocenters. The lowest BCUT2D eigenvalue weighted by molar-refractivity contribution is 0.112. The number of carbonyl (C=O) groups excluding carboxylic acids is 1. The zero-order valence-electron chi connectivity index (χ0n) is 11.6. The number of fused-ring (bicyclic) bond motifs is 1. The van der Waals surface area contributed by atoms with Crippen molar-refractivity contribution >= 4 is 40.4 Å². The van der Waals surface area contributed by atoms with Crippen molar-refractivity contribution < 1.29 is 4.79 Å². The van der Waals surface area contributed by atoms with E-state index >= 15 is 0 Å². The van der Waals surface area contributed by atoms with E-state index in [4.69, 9.17) is 23.2 Å². The van der Waals surface area contributed by atoms with E-state index in [0.717, 1.165) is 39.6 Å². The van der Waals surface area contributed by atoms with E-state index in [9.17, 15) is 4.79 Å². The molecule has 0 fully saturated rings. The summed E-state index contributed by atoms with van der Waals surface area (Å²) in [6.07, 6.45) is 0.873. The van der Waals surface area contributed by atoms with Gasteiger partial charge in [-0.3, -0.25) is 4.79 Å². The van der Waals surface area contributed by atoms with Crippen LogP contribution >= 0.6 is 23.2 Å². The number of hydrogen-bond donors (Lipinski definition) is 1. The van der Waals surface area contributed by atoms with Gasteiger partial charge < -0.3 is 4.98 Å². The van der Waals surface area contributed by atoms with Gasteiger partial charge in [-0.2, -0.15) is 0 Å². The van der Waals surface area contributed by atoms with Crippen molar-refractivity contribution in [1.29, 1.82) is 0 Å². The Kier molecular flexibility index (Phi) is 3.52. The molecule has 4 heteroatoms. The Morgan fingerprint density at radius 1 is 1.10 bits per heavy atom. The topological polar surface area (TPSA) is 32.9 Å². The van der Waals surface area contributed by atoms with Gasteiger partial charge in [0.15, 0.2) is 6.29 Å². The summed E-state index contributed by atoms with van der Waals surface area (Å²) in [6.45, 7) is 4.04. The lowest BCUT2D eigenvalue weighted by Crippen LogP contribution is -1.86. The number of halogens is 2. The van der Waals surface area contributed by atoms with Crippen LogP contribution in [0.4, 0.5) is 0 Å². The largest absolute Gasteiger partial charge is 0.354 e. The Morgan fingerprint density at radius 3 is 2.52 bits per heavy atom. The van der Waals surface area contributed by atoms with Crippen LogP contribution in [0, 0.1) is 13.8 Å². The molecule has 0 aliphatic rings. The van der Waals surface area contributed by atoms with Gasteiger partial charge in [0, 0.05) is 27.1 Å². The van der Waals surface area contributed by atoms with Crippen LogP contribution in [0.15, 0.2) is 30.3 Å². The summed E-state index contributed by atoms with van der Waals surface area (Å²) in [7, 11) is 0. The predicted octanol–water partition coefficient (Wildman–Crippen LogP) is 5.57. The number of aromatic nitrogens is 1. The van der Waals surface area contributed by atoms with Crippen LogP contribution in [0.1, 0.15) is 21.5 Å². The van der Waals surface area contributed by atoms with Crippen LogP contribution in [0.25, 0.3) is 22.2 Å². The van der Waals surface area contributed by atoms with E-state index in [0.29, 0.717) is 15.6 Å². The Bertz CT molecular complexity index is 865. The molecule has 1 N–H and O–H groups in total. The highest BCUT2D eigenvalue weighted by Crippen LogP contribution is 2.36. The molecule has 0 aliphatic carbocycles. The van der Waals surface area contributed by atoms with E-state index in [1.807, 2.05) is 26.0 Å². The normalized spacial score (nSPS) is 11.0. The first kappa shape index (κ1) is 14.2. The van der Waals surface area contributed by atoms with E-state index in [1.54, 1.807) is 12.1 Å². The van der Waals surface area contributed by atoms with Crippen LogP contribution in [0.3, 0.4) is 0 Å². The third kappa shape index (κ3) is 2.35. The maximum atomic E-state index is 11.6. The molecule has 106 valence electrons. The quantitative estimate of drug-likeness (QED) is 0.616. The van der Waals surface area contributed by atoms with Gasteiger partial charge in [0.25, 0.3) is 0 Å². The average Bonchev–Trinajstić information content (AvgIpc) is 2.77. The number of aromatic amines is 1. The fourth-order valence-electron chi connectivity index (χ4n) is 2.70. The summed E-state index contributed by atoms with van der Waals surface area (Å²) in [6, 6.07) is 9.36. The van der Waals surface area contributed by atoms with E-state index in [1.165, 1.54) is 0 Å². The molecule has 0 aliphatic heterocycles. The smallest absolute Gasteiger partial charge is 0.152 e. The first-order valence-electron chi connectivity index (χ1n) is 6.55. The molecule has 3 aromatic rings. The summed E-state index contributed by atoms with van der Waals surface area (Å²) in [5.74, 6) is 0. The Balaban J connectivity index is 2.37. The number of rotatable bonds is 2. The molecule has 1 aromatic heterocycles. The summed E-state index contributed by atoms with van der Waals surface area (Å²) >= 11 is 12.2. The first-order chi connectivity index (χ1) is 10.0. The Morgan fingerprint density at radius 2 is 1.86 bits per heavy atom. The lowest BCUT2D eigenvalue weighted by atomic mass is 10.0. The summed E-state index contributed by atoms with van der Waals surface area (Å²) in [4.78, 5) is 14.9. The van der Waals surface area contributed by atoms with Crippen LogP contribution in [-0.2, 0) is 0 Å². The summed E-state index contributed by atoms with van der Waals surface area (Å²) in [5, 5.41) is 2.01. The minimum atomic E-state index is 0.520. The van der Waals surface area contributed by atoms with Crippen molar-refractivity contribution in [1.82, 2.24) is 4.98 Å². The minimum Gasteiger partial charge on any atom is -0.354 e. The van der Waals surface area contributed by atoms with Crippen molar-refractivity contribution in [2.24, 2.45) is 0 Å². The average molecular weight is 318 g/mol. The molecule has 2 nitrogen and oxygen atoms in total. The van der Waals surface area contributed by atoms with Gasteiger partial charge in [-0.05, 0) is 43.7 Å². The highest BCUT2D eigenvalue weighted by atomic mass is 35.5. The van der Waals surface area contributed by atoms with Crippen LogP contribution in [-0.4, -0.2) is 11.3 Å². The van der Waals surface area contributed by atoms with E-state index < -0.39 is 0 Å². The third-order valence-corrected chi connectivity index (χ3v) is 4.16. The molecule has 2 aromatic carbocycles. The minimum absolute atomic E-state index is 0.520. The van der Waals surface area contributed by atoms with Crippen molar-refractivity contribution in [3.05, 3.63) is 57.1 Å². The van der Waals surface area contributed by atoms with Crippen LogP contribution in [0.5, 0.6) is 0 Å². The SMILES string of the molecule is Cc1cc(C)c2[nH]c(-c3ccc(Cl)cc3Cl)c(C=O)c2c1. The van der Waals surface area contributed by atoms with Gasteiger partial charge in [-0.15, -0.1) is 0 Å². The third-order valence-electron chi connectivity index (χ3n) is 3.61. The second kappa shape index (κ2) is 5.21. The summed E-state index contributed by atoms with van der Waals surface area (Å²) in [5.41, 5.74) is 5.32. The fraction of sp³-hybridized carbons (Fsp3) is 0.118. The van der Waals surface area contributed by atoms with Crippen molar-refractivity contribution in [2.75, 3.05) is 0 Å². The van der Waals surface area contributed by atoms with Crippen molar-refractivity contribution in [3.63, 3.8) is 0 Å². The number of hydrogen-bond acceptors (Lipinski definition) is 1. The number of H-pyrrole nitrogens is 1. The zero-order valence-corrected chi connectivity index (χ0v) is 13.1. The molecule has 0 amide bonds. The van der Waals surface area contributed by atoms with Crippen LogP contribution in [0.2, 0.25) is 10.0 Å². The molecule has 0 bridgehead atoms. The van der Waals surface area contributed by atoms with E-state index in [-0.39, 0.29) is 0 Å². The Hall–Kier alpha value is -1.77. The number of aldehydes is 1. The zero-order chi connectivity index (χ0) is 15.1. The monoisotopic (exact) mass is 317 g/mol. The fourth-order valence-corrected chi connectivity index (χ4v) is 3.20. The molecule has 0 spiro atoms. The second-order valence-electron chi connectivity index (χ2n) is 5.16. The van der Waals surface area contributed by atoms with Gasteiger partial charge in [0.2, 0.25) is 0 Å². The van der Waals surface area contributed by atoms with Crippen LogP contribution < -0.4 is 0 Å². The molecule has 0 unspecified atom stereocenters. The van der Waals surface area contributed by atoms with Gasteiger partial charge in [-0.25, -0.2) is 0 Å². The molecule has 0 saturated heterocycles. The number of carbonyl (C=O) groups is 1. The second-order valence-corrected chi connectivity index (χ2v) is 6.00. The van der Waals surface area contributed by atoms with Gasteiger partial charge in [0.1, 0.15) is 0 Å². The molecule has 3 rings (SSSR count). The highest BCUT2D eigenvalue weighted by molar-refractivity contribution is 6.36. The first-order valence-corrected chi connectivity index (χ1v) is 7.30. The predicted molar refractivity (Wildman–Crippen MR) is 88.6 cm³/mol. The highest BCUT2D eigenvalue weighted by Gasteiger charge is 2.16. The maximum Gasteiger partial charge on any atom is 0.152 e. The Labute approximate surface area is 132 Å².